The van der Waals surface area contributed by atoms with Gasteiger partial charge in [0.05, 0.1) is 62.0 Å². The topological polar surface area (TPSA) is 179 Å². The van der Waals surface area contributed by atoms with E-state index in [-0.39, 0.29) is 34.2 Å². The van der Waals surface area contributed by atoms with Crippen molar-refractivity contribution in [3.63, 3.8) is 0 Å². The fourth-order valence-electron chi connectivity index (χ4n) is 7.98. The van der Waals surface area contributed by atoms with Crippen molar-refractivity contribution in [2.75, 3.05) is 119 Å². The number of oxazole rings is 2. The molecule has 0 aliphatic carbocycles. The molecule has 0 spiro atoms. The first-order valence-corrected chi connectivity index (χ1v) is 25.0. The monoisotopic (exact) mass is 1230 g/mol. The summed E-state index contributed by atoms with van der Waals surface area (Å²) in [6, 6.07) is 20.4. The highest BCUT2D eigenvalue weighted by molar-refractivity contribution is 9.11. The number of hydroxylamine groups is 2. The lowest BCUT2D eigenvalue weighted by Gasteiger charge is -2.29. The number of nitrogens with zero attached hydrogens (tertiary/aromatic N) is 5. The molecule has 78 heavy (non-hydrogen) atoms. The number of halogens is 8. The number of anilines is 2. The molecule has 0 bridgehead atoms. The molecule has 2 atom stereocenters. The van der Waals surface area contributed by atoms with Crippen LogP contribution in [0.4, 0.5) is 37.7 Å². The lowest BCUT2D eigenvalue weighted by molar-refractivity contribution is -0.179. The van der Waals surface area contributed by atoms with Crippen molar-refractivity contribution in [1.82, 2.24) is 15.0 Å². The molecule has 4 aromatic carbocycles. The van der Waals surface area contributed by atoms with E-state index in [2.05, 4.69) is 56.0 Å². The van der Waals surface area contributed by atoms with Gasteiger partial charge in [-0.15, -0.1) is 0 Å². The largest absolute Gasteiger partial charge is 0.495 e. The first-order valence-electron chi connectivity index (χ1n) is 23.4. The number of methoxy groups -OCH3 is 6. The van der Waals surface area contributed by atoms with Gasteiger partial charge in [0, 0.05) is 69.9 Å². The van der Waals surface area contributed by atoms with Crippen molar-refractivity contribution in [1.29, 1.82) is 0 Å². The molecule has 0 N–H and O–H groups in total. The van der Waals surface area contributed by atoms with Crippen LogP contribution in [-0.2, 0) is 40.9 Å². The van der Waals surface area contributed by atoms with Gasteiger partial charge in [0.1, 0.15) is 37.6 Å². The maximum atomic E-state index is 13.9. The molecule has 2 aliphatic heterocycles. The summed E-state index contributed by atoms with van der Waals surface area (Å²) in [4.78, 5) is 41.9. The van der Waals surface area contributed by atoms with Crippen LogP contribution < -0.4 is 28.7 Å². The van der Waals surface area contributed by atoms with Crippen LogP contribution in [0.3, 0.4) is 0 Å². The molecule has 8 rings (SSSR count). The van der Waals surface area contributed by atoms with Crippen LogP contribution in [0.1, 0.15) is 45.5 Å². The van der Waals surface area contributed by atoms with Crippen LogP contribution >= 0.6 is 31.9 Å². The second-order valence-corrected chi connectivity index (χ2v) is 18.2. The number of hydrogen-bond acceptors (Lipinski definition) is 17. The first kappa shape index (κ1) is 60.8. The third-order valence-corrected chi connectivity index (χ3v) is 13.6. The Balaban J connectivity index is 0.000000204. The van der Waals surface area contributed by atoms with E-state index in [1.54, 1.807) is 19.2 Å². The minimum Gasteiger partial charge on any atom is -0.495 e. The molecule has 2 unspecified atom stereocenters. The zero-order chi connectivity index (χ0) is 56.9. The van der Waals surface area contributed by atoms with E-state index in [0.29, 0.717) is 39.2 Å². The number of benzene rings is 4. The molecule has 2 fully saturated rings. The van der Waals surface area contributed by atoms with Gasteiger partial charge in [-0.1, -0.05) is 24.3 Å². The Hall–Kier alpha value is -6.42. The Morgan fingerprint density at radius 2 is 1.05 bits per heavy atom. The summed E-state index contributed by atoms with van der Waals surface area (Å²) < 4.78 is 133. The first-order chi connectivity index (χ1) is 37.2. The van der Waals surface area contributed by atoms with Gasteiger partial charge in [0.2, 0.25) is 5.76 Å². The van der Waals surface area contributed by atoms with Gasteiger partial charge in [-0.05, 0) is 91.5 Å². The molecular formula is C52H55Br2F6N5O13. The molecule has 1 amide bonds. The van der Waals surface area contributed by atoms with E-state index in [4.69, 9.17) is 47.1 Å². The molecule has 422 valence electrons. The van der Waals surface area contributed by atoms with Crippen LogP contribution in [0, 0.1) is 0 Å². The van der Waals surface area contributed by atoms with Gasteiger partial charge in [0.15, 0.2) is 30.1 Å². The number of likely N-dealkylation sites (N-methyl/N-ethyl adjacent to an activating group) is 1. The van der Waals surface area contributed by atoms with Gasteiger partial charge in [-0.25, -0.2) is 15.0 Å². The number of morpholine rings is 2. The van der Waals surface area contributed by atoms with E-state index in [1.807, 2.05) is 36.4 Å². The molecule has 0 radical (unpaired) electrons. The fourth-order valence-corrected chi connectivity index (χ4v) is 9.08. The summed E-state index contributed by atoms with van der Waals surface area (Å²) in [5, 5.41) is 1.17. The minimum atomic E-state index is -4.90. The second kappa shape index (κ2) is 27.4. The van der Waals surface area contributed by atoms with E-state index >= 15 is 0 Å². The van der Waals surface area contributed by atoms with Crippen LogP contribution in [0.25, 0.3) is 22.6 Å². The number of Topliss-reactive ketones (excluding diaryl/α,β-unsaturated/α-hetero) is 1. The van der Waals surface area contributed by atoms with Crippen molar-refractivity contribution >= 4 is 54.9 Å². The van der Waals surface area contributed by atoms with Crippen molar-refractivity contribution in [2.45, 2.75) is 24.6 Å². The molecule has 2 saturated heterocycles. The van der Waals surface area contributed by atoms with Gasteiger partial charge in [0.25, 0.3) is 17.6 Å². The second-order valence-electron chi connectivity index (χ2n) is 16.6. The van der Waals surface area contributed by atoms with Crippen LogP contribution in [0.2, 0.25) is 0 Å². The van der Waals surface area contributed by atoms with Gasteiger partial charge < -0.3 is 56.5 Å². The van der Waals surface area contributed by atoms with Crippen molar-refractivity contribution in [3.05, 3.63) is 117 Å². The van der Waals surface area contributed by atoms with Crippen molar-refractivity contribution in [2.24, 2.45) is 0 Å². The predicted octanol–water partition coefficient (Wildman–Crippen LogP) is 10.9. The molecule has 0 saturated carbocycles. The summed E-state index contributed by atoms with van der Waals surface area (Å²) >= 11 is 6.52. The number of carbonyl (C=O) groups is 2. The number of ketones is 1. The van der Waals surface area contributed by atoms with Crippen LogP contribution in [0.15, 0.2) is 97.0 Å². The number of alkyl halides is 6. The van der Waals surface area contributed by atoms with Crippen molar-refractivity contribution in [3.8, 4) is 45.6 Å². The average Bonchev–Trinajstić information content (AvgIpc) is 4.18. The Kier molecular flexibility index (Phi) is 21.4. The van der Waals surface area contributed by atoms with Crippen LogP contribution in [0.5, 0.6) is 23.0 Å². The summed E-state index contributed by atoms with van der Waals surface area (Å²) in [6.45, 7) is 5.97. The quantitative estimate of drug-likeness (QED) is 0.0507. The van der Waals surface area contributed by atoms with Crippen molar-refractivity contribution < 1.29 is 87.5 Å². The van der Waals surface area contributed by atoms with E-state index in [1.165, 1.54) is 79.1 Å². The predicted molar refractivity (Wildman–Crippen MR) is 278 cm³/mol. The van der Waals surface area contributed by atoms with E-state index < -0.39 is 53.4 Å². The summed E-state index contributed by atoms with van der Waals surface area (Å²) in [5.41, 5.74) is 1.81. The lowest BCUT2D eigenvalue weighted by Crippen LogP contribution is -2.36. The minimum absolute atomic E-state index is 0.0281. The Bertz CT molecular complexity index is 2880. The maximum Gasteiger partial charge on any atom is 0.451 e. The standard InChI is InChI=1S/C25H24BrF3N2O6.C15H22N2O4.C12H9BrF3NO3/c1-33-17-12-15(13-18(34-2)19(17)26)22-23(25(27,28)29)30-24(37-22)20(32)21(35-3)14-4-6-16(7-5-14)31-8-10-36-11-9-31;1-16(20-3)15(18)14(19-2)12-4-6-13(7-5-12)17-8-10-21-11-9-17;1-18-7-3-6(4-8(19-2)9(7)13)10-11(12(14,15)16)20-5-17-10/h4-7,12-13,21H,8-11H2,1-3H3;4-7,14H,8-11H2,1-3H3;3-5H,1-2H3. The molecule has 4 heterocycles. The number of ether oxygens (including phenoxy) is 8. The molecule has 18 nitrogen and oxygen atoms in total. The average molecular weight is 1230 g/mol. The number of rotatable bonds is 16. The molecule has 2 aliphatic rings. The Morgan fingerprint density at radius 3 is 1.44 bits per heavy atom. The highest BCUT2D eigenvalue weighted by atomic mass is 79.9. The number of carbonyl (C=O) groups excluding carboxylic acids is 2. The molecule has 6 aromatic rings. The fraction of sp³-hybridized carbons (Fsp3) is 0.385. The third kappa shape index (κ3) is 14.6. The SMILES string of the molecule is COC(C(=O)N(C)OC)c1ccc(N2CCOCC2)cc1.COc1cc(-c2ncoc2C(F)(F)F)cc(OC)c1Br.COc1cc(-c2oc(C(=O)C(OC)c3ccc(N4CCOCC4)cc3)nc2C(F)(F)F)cc(OC)c1Br. The molecule has 26 heteroatoms. The molecular weight excluding hydrogens is 1180 g/mol. The zero-order valence-electron chi connectivity index (χ0n) is 43.4. The lowest BCUT2D eigenvalue weighted by atomic mass is 10.0. The summed E-state index contributed by atoms with van der Waals surface area (Å²) in [6.07, 6.45) is -10.7. The Labute approximate surface area is 461 Å². The Morgan fingerprint density at radius 1 is 0.628 bits per heavy atom. The zero-order valence-corrected chi connectivity index (χ0v) is 46.6. The number of aromatic nitrogens is 2. The van der Waals surface area contributed by atoms with Crippen LogP contribution in [-0.4, -0.2) is 136 Å². The summed E-state index contributed by atoms with van der Waals surface area (Å²) in [5.74, 6) is -2.54. The highest BCUT2D eigenvalue weighted by Crippen LogP contribution is 2.45. The van der Waals surface area contributed by atoms with E-state index in [9.17, 15) is 35.9 Å². The van der Waals surface area contributed by atoms with Gasteiger partial charge >= 0.3 is 12.4 Å². The number of amides is 1. The van der Waals surface area contributed by atoms with E-state index in [0.717, 1.165) is 62.7 Å². The maximum absolute atomic E-state index is 13.9. The summed E-state index contributed by atoms with van der Waals surface area (Å²) in [7, 11) is 11.3. The van der Waals surface area contributed by atoms with Gasteiger partial charge in [-0.2, -0.15) is 26.3 Å². The highest BCUT2D eigenvalue weighted by Gasteiger charge is 2.42. The molecule has 2 aromatic heterocycles. The normalized spacial score (nSPS) is 14.5. The third-order valence-electron chi connectivity index (χ3n) is 12.0. The van der Waals surface area contributed by atoms with Gasteiger partial charge in [-0.3, -0.25) is 14.4 Å². The number of hydrogen-bond donors (Lipinski definition) is 0. The smallest absolute Gasteiger partial charge is 0.451 e.